The molecule has 126 valence electrons. The van der Waals surface area contributed by atoms with Crippen molar-refractivity contribution in [2.75, 3.05) is 32.8 Å². The summed E-state index contributed by atoms with van der Waals surface area (Å²) >= 11 is 0. The van der Waals surface area contributed by atoms with Gasteiger partial charge in [-0.05, 0) is 26.2 Å². The van der Waals surface area contributed by atoms with E-state index in [0.29, 0.717) is 12.5 Å². The maximum absolute atomic E-state index is 12.0. The molecule has 1 fully saturated rings. The average molecular weight is 310 g/mol. The number of ether oxygens (including phenoxy) is 1. The molecule has 0 aromatic heterocycles. The highest BCUT2D eigenvalue weighted by molar-refractivity contribution is 4.94. The molecular weight excluding hydrogens is 281 g/mol. The number of piperazine rings is 1. The van der Waals surface area contributed by atoms with Crippen LogP contribution in [0.5, 0.6) is 0 Å². The first-order chi connectivity index (χ1) is 9.79. The van der Waals surface area contributed by atoms with Crippen LogP contribution in [0.25, 0.3) is 0 Å². The van der Waals surface area contributed by atoms with E-state index < -0.39 is 12.8 Å². The van der Waals surface area contributed by atoms with Gasteiger partial charge in [0.1, 0.15) is 6.61 Å². The Morgan fingerprint density at radius 2 is 2.05 bits per heavy atom. The normalized spacial score (nSPS) is 28.0. The third-order valence-corrected chi connectivity index (χ3v) is 4.23. The maximum atomic E-state index is 12.0. The molecule has 0 saturated carbocycles. The van der Waals surface area contributed by atoms with E-state index in [0.717, 1.165) is 38.9 Å². The molecule has 1 rings (SSSR count). The number of alkyl halides is 3. The highest BCUT2D eigenvalue weighted by atomic mass is 19.4. The fraction of sp³-hybridized carbons (Fsp3) is 1.00. The van der Waals surface area contributed by atoms with Gasteiger partial charge in [-0.3, -0.25) is 4.90 Å². The van der Waals surface area contributed by atoms with E-state index >= 15 is 0 Å². The second kappa shape index (κ2) is 8.34. The number of hydrogen-bond donors (Lipinski definition) is 1. The van der Waals surface area contributed by atoms with Gasteiger partial charge < -0.3 is 10.1 Å². The van der Waals surface area contributed by atoms with Crippen molar-refractivity contribution < 1.29 is 17.9 Å². The summed E-state index contributed by atoms with van der Waals surface area (Å²) in [6.07, 6.45) is -0.282. The maximum Gasteiger partial charge on any atom is 0.411 e. The molecule has 2 unspecified atom stereocenters. The first kappa shape index (κ1) is 18.7. The Morgan fingerprint density at radius 3 is 2.62 bits per heavy atom. The molecule has 2 atom stereocenters. The van der Waals surface area contributed by atoms with Crippen molar-refractivity contribution in [1.29, 1.82) is 0 Å². The molecule has 1 saturated heterocycles. The van der Waals surface area contributed by atoms with Gasteiger partial charge in [-0.2, -0.15) is 13.2 Å². The molecule has 0 radical (unpaired) electrons. The van der Waals surface area contributed by atoms with Crippen LogP contribution in [0.1, 0.15) is 46.5 Å². The number of hydrogen-bond acceptors (Lipinski definition) is 3. The van der Waals surface area contributed by atoms with Crippen LogP contribution >= 0.6 is 0 Å². The van der Waals surface area contributed by atoms with Gasteiger partial charge in [0, 0.05) is 37.8 Å². The minimum absolute atomic E-state index is 0.108. The first-order valence-corrected chi connectivity index (χ1v) is 7.93. The second-order valence-electron chi connectivity index (χ2n) is 6.23. The minimum atomic E-state index is -4.22. The van der Waals surface area contributed by atoms with E-state index in [2.05, 4.69) is 31.0 Å². The van der Waals surface area contributed by atoms with Gasteiger partial charge in [0.2, 0.25) is 0 Å². The molecule has 0 amide bonds. The fourth-order valence-corrected chi connectivity index (χ4v) is 2.80. The minimum Gasteiger partial charge on any atom is -0.372 e. The van der Waals surface area contributed by atoms with Gasteiger partial charge in [0.05, 0.1) is 0 Å². The third kappa shape index (κ3) is 6.98. The Balaban J connectivity index is 2.36. The SMILES string of the molecule is CCCC1CNC(C)(CC)CN1CCCOCC(F)(F)F. The number of nitrogens with one attached hydrogen (secondary N) is 1. The average Bonchev–Trinajstić information content (AvgIpc) is 2.40. The Kier molecular flexibility index (Phi) is 7.44. The lowest BCUT2D eigenvalue weighted by Crippen LogP contribution is -2.62. The van der Waals surface area contributed by atoms with Crippen molar-refractivity contribution in [2.45, 2.75) is 64.2 Å². The first-order valence-electron chi connectivity index (χ1n) is 7.93. The Bertz CT molecular complexity index is 299. The summed E-state index contributed by atoms with van der Waals surface area (Å²) in [5.74, 6) is 0. The van der Waals surface area contributed by atoms with Crippen LogP contribution in [-0.4, -0.2) is 55.5 Å². The summed E-state index contributed by atoms with van der Waals surface area (Å²) in [4.78, 5) is 2.42. The zero-order valence-electron chi connectivity index (χ0n) is 13.4. The van der Waals surface area contributed by atoms with E-state index in [1.807, 2.05) is 0 Å². The van der Waals surface area contributed by atoms with Crippen molar-refractivity contribution in [2.24, 2.45) is 0 Å². The van der Waals surface area contributed by atoms with E-state index in [4.69, 9.17) is 4.74 Å². The molecule has 1 N–H and O–H groups in total. The van der Waals surface area contributed by atoms with Gasteiger partial charge in [0.15, 0.2) is 0 Å². The summed E-state index contributed by atoms with van der Waals surface area (Å²) in [5.41, 5.74) is 0.108. The van der Waals surface area contributed by atoms with Gasteiger partial charge in [0.25, 0.3) is 0 Å². The molecular formula is C15H29F3N2O. The molecule has 6 heteroatoms. The van der Waals surface area contributed by atoms with Gasteiger partial charge in [-0.1, -0.05) is 20.3 Å². The Labute approximate surface area is 126 Å². The van der Waals surface area contributed by atoms with Gasteiger partial charge in [-0.25, -0.2) is 0 Å². The number of nitrogens with zero attached hydrogens (tertiary/aromatic N) is 1. The molecule has 3 nitrogen and oxygen atoms in total. The molecule has 21 heavy (non-hydrogen) atoms. The van der Waals surface area contributed by atoms with E-state index in [9.17, 15) is 13.2 Å². The Morgan fingerprint density at radius 1 is 1.33 bits per heavy atom. The topological polar surface area (TPSA) is 24.5 Å². The summed E-state index contributed by atoms with van der Waals surface area (Å²) in [5, 5.41) is 3.61. The van der Waals surface area contributed by atoms with Crippen LogP contribution in [-0.2, 0) is 4.74 Å². The molecule has 1 aliphatic heterocycles. The van der Waals surface area contributed by atoms with Crippen molar-refractivity contribution in [1.82, 2.24) is 10.2 Å². The van der Waals surface area contributed by atoms with Crippen LogP contribution in [0, 0.1) is 0 Å². The molecule has 0 aromatic carbocycles. The van der Waals surface area contributed by atoms with Gasteiger partial charge in [-0.15, -0.1) is 0 Å². The standard InChI is InChI=1S/C15H29F3N2O/c1-4-7-13-10-19-14(3,5-2)11-20(13)8-6-9-21-12-15(16,17)18/h13,19H,4-12H2,1-3H3. The summed E-state index contributed by atoms with van der Waals surface area (Å²) in [6, 6.07) is 0.484. The van der Waals surface area contributed by atoms with Crippen molar-refractivity contribution in [3.63, 3.8) is 0 Å². The molecule has 0 aromatic rings. The third-order valence-electron chi connectivity index (χ3n) is 4.23. The molecule has 0 bridgehead atoms. The van der Waals surface area contributed by atoms with Crippen LogP contribution < -0.4 is 5.32 Å². The van der Waals surface area contributed by atoms with E-state index in [-0.39, 0.29) is 12.1 Å². The van der Waals surface area contributed by atoms with Gasteiger partial charge >= 0.3 is 6.18 Å². The molecule has 0 spiro atoms. The molecule has 1 heterocycles. The lowest BCUT2D eigenvalue weighted by Gasteiger charge is -2.46. The zero-order chi connectivity index (χ0) is 15.9. The summed E-state index contributed by atoms with van der Waals surface area (Å²) < 4.78 is 40.7. The van der Waals surface area contributed by atoms with Crippen molar-refractivity contribution >= 4 is 0 Å². The number of rotatable bonds is 8. The lowest BCUT2D eigenvalue weighted by molar-refractivity contribution is -0.174. The molecule has 0 aliphatic carbocycles. The molecule has 1 aliphatic rings. The highest BCUT2D eigenvalue weighted by Crippen LogP contribution is 2.21. The zero-order valence-corrected chi connectivity index (χ0v) is 13.4. The van der Waals surface area contributed by atoms with Crippen LogP contribution in [0.4, 0.5) is 13.2 Å². The van der Waals surface area contributed by atoms with Crippen LogP contribution in [0.3, 0.4) is 0 Å². The highest BCUT2D eigenvalue weighted by Gasteiger charge is 2.33. The second-order valence-corrected chi connectivity index (χ2v) is 6.23. The summed E-state index contributed by atoms with van der Waals surface area (Å²) in [7, 11) is 0. The monoisotopic (exact) mass is 310 g/mol. The lowest BCUT2D eigenvalue weighted by atomic mass is 9.92. The van der Waals surface area contributed by atoms with E-state index in [1.165, 1.54) is 0 Å². The largest absolute Gasteiger partial charge is 0.411 e. The van der Waals surface area contributed by atoms with Crippen molar-refractivity contribution in [3.8, 4) is 0 Å². The number of halogens is 3. The predicted molar refractivity (Wildman–Crippen MR) is 78.5 cm³/mol. The fourth-order valence-electron chi connectivity index (χ4n) is 2.80. The quantitative estimate of drug-likeness (QED) is 0.697. The van der Waals surface area contributed by atoms with Crippen LogP contribution in [0.2, 0.25) is 0 Å². The van der Waals surface area contributed by atoms with Crippen LogP contribution in [0.15, 0.2) is 0 Å². The van der Waals surface area contributed by atoms with Crippen molar-refractivity contribution in [3.05, 3.63) is 0 Å². The van der Waals surface area contributed by atoms with E-state index in [1.54, 1.807) is 0 Å². The predicted octanol–water partition coefficient (Wildman–Crippen LogP) is 3.20. The summed E-state index contributed by atoms with van der Waals surface area (Å²) in [6.45, 7) is 8.29. The Hall–Kier alpha value is -0.330. The smallest absolute Gasteiger partial charge is 0.372 e.